The maximum atomic E-state index is 12.4. The molecule has 0 aromatic heterocycles. The van der Waals surface area contributed by atoms with Crippen molar-refractivity contribution >= 4 is 53.1 Å². The maximum Gasteiger partial charge on any atom is 0.500 e. The minimum atomic E-state index is -2.60. The summed E-state index contributed by atoms with van der Waals surface area (Å²) in [6.07, 6.45) is 5.39. The molecule has 0 amide bonds. The predicted octanol–water partition coefficient (Wildman–Crippen LogP) is 6.51. The lowest BCUT2D eigenvalue weighted by atomic mass is 9.95. The van der Waals surface area contributed by atoms with Gasteiger partial charge >= 0.3 is 29.5 Å². The molecule has 0 bridgehead atoms. The molecule has 44 heavy (non-hydrogen) atoms. The van der Waals surface area contributed by atoms with Crippen molar-refractivity contribution in [1.29, 1.82) is 0 Å². The summed E-state index contributed by atoms with van der Waals surface area (Å²) in [7, 11) is -5.19. The molecule has 0 atom stereocenters. The summed E-state index contributed by atoms with van der Waals surface area (Å²) in [6, 6.07) is 1.57. The molecule has 260 valence electrons. The number of ether oxygens (including phenoxy) is 2. The molecule has 1 aliphatic carbocycles. The second-order valence-electron chi connectivity index (χ2n) is 10.3. The molecule has 0 radical (unpaired) electrons. The van der Waals surface area contributed by atoms with E-state index in [1.807, 2.05) is 41.5 Å². The van der Waals surface area contributed by atoms with Gasteiger partial charge in [0.25, 0.3) is 0 Å². The van der Waals surface area contributed by atoms with Gasteiger partial charge in [0.05, 0.1) is 12.8 Å². The number of carbonyl (C=O) groups excluding carboxylic acids is 2. The van der Waals surface area contributed by atoms with E-state index in [2.05, 4.69) is 0 Å². The zero-order valence-corrected chi connectivity index (χ0v) is 31.8. The standard InChI is InChI=1S/C30H60O10S2Si2/c1-7-33-43(34-8-2,35-9-3)25-13-21-41-23-19-29(31)39-27-15-17-28(18-16-27)40-30(32)20-24-42-22-14-26-44(36-10-4,37-11-5)38-12-6/h27-28H,7-26H2,1-6H3. The monoisotopic (exact) mass is 700 g/mol. The number of thioether (sulfide) groups is 2. The lowest BCUT2D eigenvalue weighted by Gasteiger charge is -2.28. The van der Waals surface area contributed by atoms with Crippen molar-refractivity contribution in [3.05, 3.63) is 0 Å². The Balaban J connectivity index is 2.16. The van der Waals surface area contributed by atoms with E-state index in [9.17, 15) is 9.59 Å². The van der Waals surface area contributed by atoms with Gasteiger partial charge < -0.3 is 36.0 Å². The summed E-state index contributed by atoms with van der Waals surface area (Å²) in [5.41, 5.74) is 0. The average Bonchev–Trinajstić information content (AvgIpc) is 2.98. The highest BCUT2D eigenvalue weighted by atomic mass is 32.2. The largest absolute Gasteiger partial charge is 0.500 e. The molecular formula is C30H60O10S2Si2. The predicted molar refractivity (Wildman–Crippen MR) is 182 cm³/mol. The third kappa shape index (κ3) is 18.2. The molecule has 0 aliphatic heterocycles. The summed E-state index contributed by atoms with van der Waals surface area (Å²) < 4.78 is 46.8. The van der Waals surface area contributed by atoms with Crippen LogP contribution in [0.3, 0.4) is 0 Å². The Morgan fingerprint density at radius 1 is 0.523 bits per heavy atom. The van der Waals surface area contributed by atoms with Crippen LogP contribution >= 0.6 is 23.5 Å². The van der Waals surface area contributed by atoms with Gasteiger partial charge in [-0.05, 0) is 91.6 Å². The smallest absolute Gasteiger partial charge is 0.462 e. The van der Waals surface area contributed by atoms with E-state index in [0.717, 1.165) is 73.6 Å². The zero-order valence-electron chi connectivity index (χ0n) is 28.2. The number of carbonyl (C=O) groups is 2. The van der Waals surface area contributed by atoms with Crippen LogP contribution in [0, 0.1) is 0 Å². The van der Waals surface area contributed by atoms with Crippen molar-refractivity contribution < 1.29 is 45.6 Å². The van der Waals surface area contributed by atoms with Gasteiger partial charge in [-0.25, -0.2) is 0 Å². The zero-order chi connectivity index (χ0) is 32.5. The van der Waals surface area contributed by atoms with Gasteiger partial charge in [0, 0.05) is 63.2 Å². The van der Waals surface area contributed by atoms with Crippen LogP contribution in [0.25, 0.3) is 0 Å². The molecular weight excluding hydrogens is 641 g/mol. The van der Waals surface area contributed by atoms with Gasteiger partial charge in [0.2, 0.25) is 0 Å². The van der Waals surface area contributed by atoms with Crippen LogP contribution in [0.15, 0.2) is 0 Å². The van der Waals surface area contributed by atoms with Crippen LogP contribution in [0.4, 0.5) is 0 Å². The summed E-state index contributed by atoms with van der Waals surface area (Å²) in [5.74, 6) is 2.99. The molecule has 0 aromatic rings. The lowest BCUT2D eigenvalue weighted by molar-refractivity contribution is -0.157. The highest BCUT2D eigenvalue weighted by molar-refractivity contribution is 7.99. The molecule has 1 saturated carbocycles. The highest BCUT2D eigenvalue weighted by Gasteiger charge is 2.40. The molecule has 1 fully saturated rings. The second-order valence-corrected chi connectivity index (χ2v) is 18.2. The third-order valence-corrected chi connectivity index (χ3v) is 15.3. The number of hydrogen-bond acceptors (Lipinski definition) is 12. The van der Waals surface area contributed by atoms with Gasteiger partial charge in [-0.1, -0.05) is 0 Å². The van der Waals surface area contributed by atoms with Crippen molar-refractivity contribution in [3.8, 4) is 0 Å². The van der Waals surface area contributed by atoms with Crippen molar-refractivity contribution in [2.75, 3.05) is 62.7 Å². The van der Waals surface area contributed by atoms with Crippen molar-refractivity contribution in [2.24, 2.45) is 0 Å². The van der Waals surface area contributed by atoms with Gasteiger partial charge in [0.15, 0.2) is 0 Å². The van der Waals surface area contributed by atoms with E-state index < -0.39 is 17.6 Å². The van der Waals surface area contributed by atoms with Crippen LogP contribution < -0.4 is 0 Å². The number of esters is 2. The van der Waals surface area contributed by atoms with Crippen LogP contribution in [0.5, 0.6) is 0 Å². The van der Waals surface area contributed by atoms with E-state index in [4.69, 9.17) is 36.0 Å². The van der Waals surface area contributed by atoms with E-state index in [-0.39, 0.29) is 24.1 Å². The fraction of sp³-hybridized carbons (Fsp3) is 0.933. The normalized spacial score (nSPS) is 17.5. The summed E-state index contributed by atoms with van der Waals surface area (Å²) in [5, 5.41) is 0. The van der Waals surface area contributed by atoms with E-state index in [1.165, 1.54) is 0 Å². The Bertz CT molecular complexity index is 651. The number of rotatable bonds is 28. The maximum absolute atomic E-state index is 12.4. The Morgan fingerprint density at radius 2 is 0.818 bits per heavy atom. The molecule has 0 aromatic carbocycles. The fourth-order valence-corrected chi connectivity index (χ4v) is 12.5. The van der Waals surface area contributed by atoms with Gasteiger partial charge in [0.1, 0.15) is 12.2 Å². The summed E-state index contributed by atoms with van der Waals surface area (Å²) in [4.78, 5) is 24.7. The molecule has 0 saturated heterocycles. The average molecular weight is 701 g/mol. The van der Waals surface area contributed by atoms with Gasteiger partial charge in [-0.2, -0.15) is 23.5 Å². The quantitative estimate of drug-likeness (QED) is 0.0505. The minimum absolute atomic E-state index is 0.0889. The molecule has 0 N–H and O–H groups in total. The first-order valence-corrected chi connectivity index (χ1v) is 22.9. The molecule has 1 rings (SSSR count). The van der Waals surface area contributed by atoms with Crippen LogP contribution in [-0.2, 0) is 45.6 Å². The van der Waals surface area contributed by atoms with Crippen LogP contribution in [0.2, 0.25) is 12.1 Å². The fourth-order valence-electron chi connectivity index (χ4n) is 5.06. The van der Waals surface area contributed by atoms with Gasteiger partial charge in [-0.15, -0.1) is 0 Å². The SMILES string of the molecule is CCO[Si](CCCSCCC(=O)OC1CCC(OC(=O)CCSCCC[Si](OCC)(OCC)OCC)CC1)(OCC)OCC. The number of hydrogen-bond donors (Lipinski definition) is 0. The Kier molecular flexibility index (Phi) is 24.6. The van der Waals surface area contributed by atoms with Crippen molar-refractivity contribution in [3.63, 3.8) is 0 Å². The van der Waals surface area contributed by atoms with E-state index in [0.29, 0.717) is 52.5 Å². The highest BCUT2D eigenvalue weighted by Crippen LogP contribution is 2.26. The molecule has 0 heterocycles. The third-order valence-electron chi connectivity index (χ3n) is 6.85. The van der Waals surface area contributed by atoms with E-state index in [1.54, 1.807) is 23.5 Å². The molecule has 10 nitrogen and oxygen atoms in total. The lowest BCUT2D eigenvalue weighted by Crippen LogP contribution is -2.46. The van der Waals surface area contributed by atoms with Crippen LogP contribution in [-0.4, -0.2) is 104 Å². The topological polar surface area (TPSA) is 108 Å². The first kappa shape index (κ1) is 41.9. The van der Waals surface area contributed by atoms with Gasteiger partial charge in [-0.3, -0.25) is 9.59 Å². The molecule has 1 aliphatic rings. The first-order chi connectivity index (χ1) is 21.3. The summed E-state index contributed by atoms with van der Waals surface area (Å²) in [6.45, 7) is 15.3. The Morgan fingerprint density at radius 3 is 1.09 bits per heavy atom. The molecule has 0 spiro atoms. The van der Waals surface area contributed by atoms with Crippen molar-refractivity contribution in [2.45, 2.75) is 117 Å². The molecule has 0 unspecified atom stereocenters. The second kappa shape index (κ2) is 25.9. The Hall–Kier alpha value is -0.166. The molecule has 14 heteroatoms. The van der Waals surface area contributed by atoms with Crippen LogP contribution in [0.1, 0.15) is 92.9 Å². The minimum Gasteiger partial charge on any atom is -0.462 e. The van der Waals surface area contributed by atoms with E-state index >= 15 is 0 Å². The van der Waals surface area contributed by atoms with Crippen molar-refractivity contribution in [1.82, 2.24) is 0 Å². The Labute approximate surface area is 277 Å². The summed E-state index contributed by atoms with van der Waals surface area (Å²) >= 11 is 3.49. The first-order valence-electron chi connectivity index (χ1n) is 16.7.